The second-order valence-electron chi connectivity index (χ2n) is 7.31. The van der Waals surface area contributed by atoms with Gasteiger partial charge >= 0.3 is 0 Å². The van der Waals surface area contributed by atoms with Gasteiger partial charge in [0.05, 0.1) is 21.4 Å². The van der Waals surface area contributed by atoms with Crippen LogP contribution in [0, 0.1) is 0 Å². The van der Waals surface area contributed by atoms with Gasteiger partial charge in [0.1, 0.15) is 17.2 Å². The van der Waals surface area contributed by atoms with Gasteiger partial charge in [0.2, 0.25) is 0 Å². The quantitative estimate of drug-likeness (QED) is 0.206. The molecule has 0 saturated heterocycles. The minimum atomic E-state index is 0.504. The van der Waals surface area contributed by atoms with Crippen molar-refractivity contribution in [3.8, 4) is 22.6 Å². The molecule has 0 saturated carbocycles. The molecule has 0 amide bonds. The van der Waals surface area contributed by atoms with Crippen LogP contribution in [-0.4, -0.2) is 5.71 Å². The smallest absolute Gasteiger partial charge is 0.157 e. The summed E-state index contributed by atoms with van der Waals surface area (Å²) in [4.78, 5) is 4.80. The molecule has 0 spiro atoms. The lowest BCUT2D eigenvalue weighted by Crippen LogP contribution is -2.00. The van der Waals surface area contributed by atoms with E-state index in [2.05, 4.69) is 0 Å². The van der Waals surface area contributed by atoms with E-state index < -0.39 is 0 Å². The van der Waals surface area contributed by atoms with Gasteiger partial charge in [-0.2, -0.15) is 0 Å². The van der Waals surface area contributed by atoms with Crippen LogP contribution < -0.4 is 5.73 Å². The summed E-state index contributed by atoms with van der Waals surface area (Å²) >= 11 is 12.7. The van der Waals surface area contributed by atoms with Gasteiger partial charge in [0.25, 0.3) is 0 Å². The lowest BCUT2D eigenvalue weighted by atomic mass is 10.1. The van der Waals surface area contributed by atoms with Crippen LogP contribution in [0.25, 0.3) is 22.6 Å². The van der Waals surface area contributed by atoms with Crippen LogP contribution in [0.4, 0.5) is 11.4 Å². The number of rotatable bonds is 5. The standard InChI is InChI=1S/C27H18Cl2N2O2/c28-19-9-3-1-7-17(19)23-13-15-25(32-23)27(31-22-12-6-5-11-21(22)30)26-16-14-24(33-26)18-8-2-4-10-20(18)29/h1-16H,30H2. The highest BCUT2D eigenvalue weighted by Gasteiger charge is 2.19. The van der Waals surface area contributed by atoms with Crippen LogP contribution >= 0.6 is 23.2 Å². The summed E-state index contributed by atoms with van der Waals surface area (Å²) in [5.74, 6) is 2.30. The third-order valence-electron chi connectivity index (χ3n) is 5.13. The number of benzene rings is 3. The number of nitrogens with two attached hydrogens (primary N) is 1. The fourth-order valence-corrected chi connectivity index (χ4v) is 3.94. The first kappa shape index (κ1) is 21.1. The van der Waals surface area contributed by atoms with Gasteiger partial charge in [-0.15, -0.1) is 0 Å². The second-order valence-corrected chi connectivity index (χ2v) is 8.12. The molecule has 0 atom stereocenters. The average Bonchev–Trinajstić information content (AvgIpc) is 3.50. The molecule has 0 aliphatic carbocycles. The maximum absolute atomic E-state index is 6.36. The Hall–Kier alpha value is -3.73. The zero-order chi connectivity index (χ0) is 22.8. The van der Waals surface area contributed by atoms with Crippen molar-refractivity contribution >= 4 is 40.3 Å². The molecule has 0 fully saturated rings. The summed E-state index contributed by atoms with van der Waals surface area (Å²) in [6.45, 7) is 0. The van der Waals surface area contributed by atoms with E-state index in [1.807, 2.05) is 91.0 Å². The Morgan fingerprint density at radius 1 is 0.606 bits per heavy atom. The number of hydrogen-bond acceptors (Lipinski definition) is 4. The van der Waals surface area contributed by atoms with Gasteiger partial charge in [-0.05, 0) is 60.7 Å². The minimum absolute atomic E-state index is 0.504. The number of nitrogen functional groups attached to an aromatic ring is 1. The van der Waals surface area contributed by atoms with Crippen molar-refractivity contribution in [2.24, 2.45) is 4.99 Å². The summed E-state index contributed by atoms with van der Waals surface area (Å²) < 4.78 is 12.4. The van der Waals surface area contributed by atoms with Crippen LogP contribution in [0.5, 0.6) is 0 Å². The number of hydrogen-bond donors (Lipinski definition) is 1. The van der Waals surface area contributed by atoms with Crippen LogP contribution in [0.15, 0.2) is 111 Å². The first-order valence-corrected chi connectivity index (χ1v) is 11.0. The van der Waals surface area contributed by atoms with Crippen LogP contribution in [-0.2, 0) is 0 Å². The molecule has 162 valence electrons. The average molecular weight is 473 g/mol. The van der Waals surface area contributed by atoms with Gasteiger partial charge in [0, 0.05) is 11.1 Å². The topological polar surface area (TPSA) is 64.7 Å². The summed E-state index contributed by atoms with van der Waals surface area (Å²) in [5.41, 5.74) is 9.40. The molecule has 2 heterocycles. The first-order chi connectivity index (χ1) is 16.1. The van der Waals surface area contributed by atoms with E-state index in [4.69, 9.17) is 42.8 Å². The Labute approximate surface area is 200 Å². The fraction of sp³-hybridized carbons (Fsp3) is 0. The highest BCUT2D eigenvalue weighted by atomic mass is 35.5. The normalized spacial score (nSPS) is 10.8. The van der Waals surface area contributed by atoms with E-state index in [1.165, 1.54) is 0 Å². The monoisotopic (exact) mass is 472 g/mol. The molecule has 0 bridgehead atoms. The van der Waals surface area contributed by atoms with E-state index >= 15 is 0 Å². The highest BCUT2D eigenvalue weighted by Crippen LogP contribution is 2.33. The van der Waals surface area contributed by atoms with Gasteiger partial charge in [-0.3, -0.25) is 0 Å². The molecule has 33 heavy (non-hydrogen) atoms. The molecule has 2 N–H and O–H groups in total. The summed E-state index contributed by atoms with van der Waals surface area (Å²) in [5, 5.41) is 1.20. The van der Waals surface area contributed by atoms with Crippen molar-refractivity contribution in [3.63, 3.8) is 0 Å². The Balaban J connectivity index is 1.63. The number of anilines is 1. The number of furan rings is 2. The minimum Gasteiger partial charge on any atom is -0.454 e. The first-order valence-electron chi connectivity index (χ1n) is 10.2. The van der Waals surface area contributed by atoms with Crippen LogP contribution in [0.1, 0.15) is 11.5 Å². The molecule has 0 unspecified atom stereocenters. The molecular weight excluding hydrogens is 455 g/mol. The maximum atomic E-state index is 6.36. The van der Waals surface area contributed by atoms with Gasteiger partial charge in [0.15, 0.2) is 11.5 Å². The molecule has 5 rings (SSSR count). The largest absolute Gasteiger partial charge is 0.454 e. The fourth-order valence-electron chi connectivity index (χ4n) is 3.48. The molecule has 2 aromatic heterocycles. The summed E-state index contributed by atoms with van der Waals surface area (Å²) in [6.07, 6.45) is 0. The zero-order valence-corrected chi connectivity index (χ0v) is 18.8. The molecule has 6 heteroatoms. The van der Waals surface area contributed by atoms with Crippen molar-refractivity contribution < 1.29 is 8.83 Å². The Kier molecular flexibility index (Phi) is 5.78. The van der Waals surface area contributed by atoms with Gasteiger partial charge < -0.3 is 14.6 Å². The molecule has 0 aliphatic heterocycles. The Bertz CT molecular complexity index is 1380. The predicted molar refractivity (Wildman–Crippen MR) is 134 cm³/mol. The van der Waals surface area contributed by atoms with Crippen molar-refractivity contribution in [1.82, 2.24) is 0 Å². The van der Waals surface area contributed by atoms with Gasteiger partial charge in [-0.1, -0.05) is 59.6 Å². The van der Waals surface area contributed by atoms with Crippen molar-refractivity contribution in [2.75, 3.05) is 5.73 Å². The number of aliphatic imine (C=N–C) groups is 1. The summed E-state index contributed by atoms with van der Waals surface area (Å²) in [7, 11) is 0. The van der Waals surface area contributed by atoms with E-state index in [1.54, 1.807) is 6.07 Å². The molecule has 3 aromatic carbocycles. The predicted octanol–water partition coefficient (Wildman–Crippen LogP) is 8.26. The molecular formula is C27H18Cl2N2O2. The van der Waals surface area contributed by atoms with Gasteiger partial charge in [-0.25, -0.2) is 4.99 Å². The molecule has 4 nitrogen and oxygen atoms in total. The molecule has 5 aromatic rings. The molecule has 0 aliphatic rings. The van der Waals surface area contributed by atoms with Crippen molar-refractivity contribution in [2.45, 2.75) is 0 Å². The third kappa shape index (κ3) is 4.31. The maximum Gasteiger partial charge on any atom is 0.157 e. The third-order valence-corrected chi connectivity index (χ3v) is 5.79. The van der Waals surface area contributed by atoms with Crippen molar-refractivity contribution in [1.29, 1.82) is 0 Å². The van der Waals surface area contributed by atoms with E-state index in [0.717, 1.165) is 11.1 Å². The van der Waals surface area contributed by atoms with E-state index in [-0.39, 0.29) is 0 Å². The zero-order valence-electron chi connectivity index (χ0n) is 17.3. The lowest BCUT2D eigenvalue weighted by Gasteiger charge is -2.05. The number of para-hydroxylation sites is 2. The number of nitrogens with zero attached hydrogens (tertiary/aromatic N) is 1. The number of halogens is 2. The van der Waals surface area contributed by atoms with E-state index in [9.17, 15) is 0 Å². The Morgan fingerprint density at radius 2 is 1.09 bits per heavy atom. The highest BCUT2D eigenvalue weighted by molar-refractivity contribution is 6.33. The lowest BCUT2D eigenvalue weighted by molar-refractivity contribution is 0.552. The summed E-state index contributed by atoms with van der Waals surface area (Å²) in [6, 6.07) is 29.8. The van der Waals surface area contributed by atoms with Crippen molar-refractivity contribution in [3.05, 3.63) is 119 Å². The van der Waals surface area contributed by atoms with Crippen LogP contribution in [0.3, 0.4) is 0 Å². The van der Waals surface area contributed by atoms with Crippen LogP contribution in [0.2, 0.25) is 10.0 Å². The van der Waals surface area contributed by atoms with E-state index in [0.29, 0.717) is 50.2 Å². The SMILES string of the molecule is Nc1ccccc1N=C(c1ccc(-c2ccccc2Cl)o1)c1ccc(-c2ccccc2Cl)o1. The Morgan fingerprint density at radius 3 is 1.61 bits per heavy atom. The molecule has 0 radical (unpaired) electrons. The second kappa shape index (κ2) is 9.02.